The summed E-state index contributed by atoms with van der Waals surface area (Å²) >= 11 is 1.62. The van der Waals surface area contributed by atoms with Gasteiger partial charge in [-0.1, -0.05) is 12.8 Å². The first kappa shape index (κ1) is 12.5. The topological polar surface area (TPSA) is 50.4 Å². The first-order valence-corrected chi connectivity index (χ1v) is 6.86. The summed E-state index contributed by atoms with van der Waals surface area (Å²) in [6.07, 6.45) is 5.19. The van der Waals surface area contributed by atoms with E-state index in [-0.39, 0.29) is 5.91 Å². The highest BCUT2D eigenvalue weighted by atomic mass is 32.1. The fourth-order valence-electron chi connectivity index (χ4n) is 2.01. The van der Waals surface area contributed by atoms with Crippen LogP contribution in [0.4, 0.5) is 5.69 Å². The van der Waals surface area contributed by atoms with Crippen LogP contribution in [0.5, 0.6) is 0 Å². The first-order chi connectivity index (χ1) is 8.25. The standard InChI is InChI=1S/C12H18N2O2S/c1-9(15)14-11-6-7-17-12(11)8-13-16-10-4-2-3-5-10/h6-7,10,13H,2-5,8H2,1H3,(H,14,15). The minimum absolute atomic E-state index is 0.0404. The largest absolute Gasteiger partial charge is 0.325 e. The van der Waals surface area contributed by atoms with Gasteiger partial charge in [0.1, 0.15) is 0 Å². The van der Waals surface area contributed by atoms with E-state index >= 15 is 0 Å². The van der Waals surface area contributed by atoms with Crippen molar-refractivity contribution in [3.63, 3.8) is 0 Å². The normalized spacial score (nSPS) is 16.3. The number of hydrogen-bond acceptors (Lipinski definition) is 4. The number of anilines is 1. The maximum absolute atomic E-state index is 11.0. The lowest BCUT2D eigenvalue weighted by Crippen LogP contribution is -2.21. The summed E-state index contributed by atoms with van der Waals surface area (Å²) in [6, 6.07) is 1.92. The van der Waals surface area contributed by atoms with E-state index in [0.717, 1.165) is 23.4 Å². The van der Waals surface area contributed by atoms with E-state index in [1.54, 1.807) is 11.3 Å². The van der Waals surface area contributed by atoms with Gasteiger partial charge in [0.2, 0.25) is 5.91 Å². The number of nitrogens with one attached hydrogen (secondary N) is 2. The Hall–Kier alpha value is -0.910. The van der Waals surface area contributed by atoms with Gasteiger partial charge in [0.05, 0.1) is 18.3 Å². The van der Waals surface area contributed by atoms with Gasteiger partial charge in [-0.25, -0.2) is 0 Å². The Morgan fingerprint density at radius 2 is 2.29 bits per heavy atom. The summed E-state index contributed by atoms with van der Waals surface area (Å²) in [5.41, 5.74) is 3.88. The van der Waals surface area contributed by atoms with Crippen LogP contribution in [0.1, 0.15) is 37.5 Å². The molecule has 17 heavy (non-hydrogen) atoms. The highest BCUT2D eigenvalue weighted by molar-refractivity contribution is 7.10. The van der Waals surface area contributed by atoms with Crippen molar-refractivity contribution < 1.29 is 9.63 Å². The van der Waals surface area contributed by atoms with Gasteiger partial charge in [-0.15, -0.1) is 11.3 Å². The quantitative estimate of drug-likeness (QED) is 0.794. The lowest BCUT2D eigenvalue weighted by atomic mass is 10.3. The molecule has 0 bridgehead atoms. The molecule has 0 atom stereocenters. The molecule has 2 N–H and O–H groups in total. The van der Waals surface area contributed by atoms with Gasteiger partial charge < -0.3 is 5.32 Å². The molecule has 2 rings (SSSR count). The minimum Gasteiger partial charge on any atom is -0.325 e. The highest BCUT2D eigenvalue weighted by Crippen LogP contribution is 2.23. The number of thiophene rings is 1. The molecular formula is C12H18N2O2S. The summed E-state index contributed by atoms with van der Waals surface area (Å²) in [6.45, 7) is 2.16. The Labute approximate surface area is 105 Å². The molecule has 1 aliphatic rings. The lowest BCUT2D eigenvalue weighted by molar-refractivity contribution is -0.114. The molecule has 0 unspecified atom stereocenters. The third-order valence-electron chi connectivity index (χ3n) is 2.84. The van der Waals surface area contributed by atoms with Gasteiger partial charge in [-0.05, 0) is 24.3 Å². The molecule has 1 amide bonds. The van der Waals surface area contributed by atoms with E-state index in [0.29, 0.717) is 12.6 Å². The SMILES string of the molecule is CC(=O)Nc1ccsc1CNOC1CCCC1. The van der Waals surface area contributed by atoms with Crippen LogP contribution in [0, 0.1) is 0 Å². The Balaban J connectivity index is 1.77. The summed E-state index contributed by atoms with van der Waals surface area (Å²) < 4.78 is 0. The molecule has 1 aromatic heterocycles. The molecule has 0 aliphatic heterocycles. The van der Waals surface area contributed by atoms with Crippen LogP contribution in [0.3, 0.4) is 0 Å². The van der Waals surface area contributed by atoms with Crippen LogP contribution in [0.25, 0.3) is 0 Å². The van der Waals surface area contributed by atoms with Gasteiger partial charge in [0, 0.05) is 11.8 Å². The van der Waals surface area contributed by atoms with Gasteiger partial charge in [0.25, 0.3) is 0 Å². The predicted molar refractivity (Wildman–Crippen MR) is 68.8 cm³/mol. The van der Waals surface area contributed by atoms with Crippen molar-refractivity contribution in [3.8, 4) is 0 Å². The maximum atomic E-state index is 11.0. The van der Waals surface area contributed by atoms with Crippen molar-refractivity contribution in [3.05, 3.63) is 16.3 Å². The summed E-state index contributed by atoms with van der Waals surface area (Å²) in [7, 11) is 0. The Kier molecular flexibility index (Phi) is 4.53. The maximum Gasteiger partial charge on any atom is 0.221 e. The molecule has 5 heteroatoms. The van der Waals surface area contributed by atoms with Crippen molar-refractivity contribution in [2.24, 2.45) is 0 Å². The van der Waals surface area contributed by atoms with Gasteiger partial charge in [-0.2, -0.15) is 5.48 Å². The van der Waals surface area contributed by atoms with Crippen molar-refractivity contribution >= 4 is 22.9 Å². The van der Waals surface area contributed by atoms with Crippen LogP contribution in [0.2, 0.25) is 0 Å². The predicted octanol–water partition coefficient (Wildman–Crippen LogP) is 2.67. The zero-order valence-corrected chi connectivity index (χ0v) is 10.8. The lowest BCUT2D eigenvalue weighted by Gasteiger charge is -2.11. The smallest absolute Gasteiger partial charge is 0.221 e. The molecule has 1 aromatic rings. The van der Waals surface area contributed by atoms with Crippen molar-refractivity contribution in [2.45, 2.75) is 45.3 Å². The molecule has 0 aromatic carbocycles. The molecule has 0 spiro atoms. The summed E-state index contributed by atoms with van der Waals surface area (Å²) in [4.78, 5) is 17.7. The van der Waals surface area contributed by atoms with Gasteiger partial charge >= 0.3 is 0 Å². The second kappa shape index (κ2) is 6.14. The van der Waals surface area contributed by atoms with Crippen LogP contribution in [-0.4, -0.2) is 12.0 Å². The van der Waals surface area contributed by atoms with E-state index < -0.39 is 0 Å². The number of carbonyl (C=O) groups is 1. The average molecular weight is 254 g/mol. The molecule has 1 heterocycles. The van der Waals surface area contributed by atoms with Crippen molar-refractivity contribution in [1.29, 1.82) is 0 Å². The van der Waals surface area contributed by atoms with E-state index in [9.17, 15) is 4.79 Å². The van der Waals surface area contributed by atoms with Gasteiger partial charge in [-0.3, -0.25) is 9.63 Å². The highest BCUT2D eigenvalue weighted by Gasteiger charge is 2.15. The number of hydrogen-bond donors (Lipinski definition) is 2. The number of amides is 1. The van der Waals surface area contributed by atoms with Crippen LogP contribution >= 0.6 is 11.3 Å². The third-order valence-corrected chi connectivity index (χ3v) is 3.76. The Bertz CT molecular complexity index is 372. The van der Waals surface area contributed by atoms with Crippen LogP contribution in [0.15, 0.2) is 11.4 Å². The summed E-state index contributed by atoms with van der Waals surface area (Å²) in [5.74, 6) is -0.0404. The Morgan fingerprint density at radius 3 is 3.00 bits per heavy atom. The van der Waals surface area contributed by atoms with E-state index in [1.165, 1.54) is 19.8 Å². The zero-order valence-electron chi connectivity index (χ0n) is 9.99. The molecule has 0 saturated heterocycles. The monoisotopic (exact) mass is 254 g/mol. The van der Waals surface area contributed by atoms with E-state index in [4.69, 9.17) is 4.84 Å². The first-order valence-electron chi connectivity index (χ1n) is 5.98. The van der Waals surface area contributed by atoms with Crippen molar-refractivity contribution in [1.82, 2.24) is 5.48 Å². The average Bonchev–Trinajstić information content (AvgIpc) is 2.90. The second-order valence-electron chi connectivity index (χ2n) is 4.28. The molecule has 1 fully saturated rings. The van der Waals surface area contributed by atoms with Gasteiger partial charge in [0.15, 0.2) is 0 Å². The van der Waals surface area contributed by atoms with E-state index in [1.807, 2.05) is 11.4 Å². The number of rotatable bonds is 5. The molecule has 4 nitrogen and oxygen atoms in total. The summed E-state index contributed by atoms with van der Waals surface area (Å²) in [5, 5.41) is 4.78. The van der Waals surface area contributed by atoms with Crippen LogP contribution in [-0.2, 0) is 16.2 Å². The minimum atomic E-state index is -0.0404. The Morgan fingerprint density at radius 1 is 1.53 bits per heavy atom. The third kappa shape index (κ3) is 3.80. The van der Waals surface area contributed by atoms with Crippen LogP contribution < -0.4 is 10.8 Å². The van der Waals surface area contributed by atoms with E-state index in [2.05, 4.69) is 10.8 Å². The molecule has 1 aliphatic carbocycles. The molecule has 0 radical (unpaired) electrons. The second-order valence-corrected chi connectivity index (χ2v) is 5.28. The number of hydroxylamine groups is 1. The molecule has 1 saturated carbocycles. The fraction of sp³-hybridized carbons (Fsp3) is 0.583. The number of carbonyl (C=O) groups excluding carboxylic acids is 1. The molecular weight excluding hydrogens is 236 g/mol. The fourth-order valence-corrected chi connectivity index (χ4v) is 2.77. The molecule has 94 valence electrons. The zero-order chi connectivity index (χ0) is 12.1. The van der Waals surface area contributed by atoms with Crippen molar-refractivity contribution in [2.75, 3.05) is 5.32 Å².